The molecule has 18 heavy (non-hydrogen) atoms. The summed E-state index contributed by atoms with van der Waals surface area (Å²) in [6.45, 7) is 8.44. The minimum absolute atomic E-state index is 0.432. The van der Waals surface area contributed by atoms with Crippen LogP contribution in [0.1, 0.15) is 46.0 Å². The lowest BCUT2D eigenvalue weighted by molar-refractivity contribution is 0.147. The van der Waals surface area contributed by atoms with E-state index in [0.717, 1.165) is 24.3 Å². The number of hydrogen-bond donors (Lipinski definition) is 1. The fourth-order valence-corrected chi connectivity index (χ4v) is 4.44. The van der Waals surface area contributed by atoms with E-state index in [1.807, 2.05) is 0 Å². The summed E-state index contributed by atoms with van der Waals surface area (Å²) < 4.78 is 0. The van der Waals surface area contributed by atoms with Gasteiger partial charge in [0.25, 0.3) is 0 Å². The third kappa shape index (κ3) is 3.27. The summed E-state index contributed by atoms with van der Waals surface area (Å²) in [4.78, 5) is 2.60. The number of nitrogens with one attached hydrogen (secondary N) is 1. The summed E-state index contributed by atoms with van der Waals surface area (Å²) in [6, 6.07) is 0. The van der Waals surface area contributed by atoms with Gasteiger partial charge in [0.15, 0.2) is 0 Å². The highest BCUT2D eigenvalue weighted by Crippen LogP contribution is 2.48. The normalized spacial score (nSPS) is 34.2. The van der Waals surface area contributed by atoms with Crippen molar-refractivity contribution in [1.29, 1.82) is 0 Å². The van der Waals surface area contributed by atoms with Crippen LogP contribution in [-0.2, 0) is 0 Å². The Hall–Kier alpha value is -0.0800. The van der Waals surface area contributed by atoms with E-state index in [1.54, 1.807) is 6.42 Å². The maximum Gasteiger partial charge on any atom is 0.00444 e. The van der Waals surface area contributed by atoms with Gasteiger partial charge in [-0.05, 0) is 62.9 Å². The Bertz CT molecular complexity index is 266. The molecule has 2 aliphatic rings. The molecule has 0 spiro atoms. The van der Waals surface area contributed by atoms with Crippen molar-refractivity contribution in [3.05, 3.63) is 0 Å². The molecule has 0 aromatic rings. The van der Waals surface area contributed by atoms with Gasteiger partial charge in [0.1, 0.15) is 0 Å². The molecule has 0 aromatic carbocycles. The Morgan fingerprint density at radius 1 is 1.28 bits per heavy atom. The van der Waals surface area contributed by atoms with Gasteiger partial charge in [-0.3, -0.25) is 0 Å². The zero-order valence-corrected chi connectivity index (χ0v) is 12.8. The molecule has 4 atom stereocenters. The fourth-order valence-electron chi connectivity index (χ4n) is 4.44. The van der Waals surface area contributed by atoms with Crippen LogP contribution in [0.2, 0.25) is 0 Å². The number of hydrogen-bond acceptors (Lipinski definition) is 2. The minimum atomic E-state index is 0.432. The molecule has 0 amide bonds. The molecule has 1 N–H and O–H groups in total. The van der Waals surface area contributed by atoms with E-state index < -0.39 is 0 Å². The van der Waals surface area contributed by atoms with Crippen LogP contribution in [-0.4, -0.2) is 38.6 Å². The molecule has 0 saturated heterocycles. The molecule has 0 aliphatic heterocycles. The standard InChI is InChI=1S/C16H32N2/c1-5-16(2,11-17-3)12-18(4)10-15-9-13-6-7-14(15)8-13/h13-15,17H,5-12H2,1-4H3. The van der Waals surface area contributed by atoms with Crippen LogP contribution in [0.25, 0.3) is 0 Å². The first-order chi connectivity index (χ1) is 8.56. The van der Waals surface area contributed by atoms with Gasteiger partial charge in [-0.25, -0.2) is 0 Å². The Labute approximate surface area is 114 Å². The van der Waals surface area contributed by atoms with Gasteiger partial charge in [0, 0.05) is 19.6 Å². The second-order valence-corrected chi connectivity index (χ2v) is 7.33. The van der Waals surface area contributed by atoms with Crippen molar-refractivity contribution in [2.24, 2.45) is 23.2 Å². The first-order valence-corrected chi connectivity index (χ1v) is 7.89. The van der Waals surface area contributed by atoms with Crippen LogP contribution in [0.3, 0.4) is 0 Å². The van der Waals surface area contributed by atoms with E-state index in [2.05, 4.69) is 38.2 Å². The van der Waals surface area contributed by atoms with Gasteiger partial charge >= 0.3 is 0 Å². The van der Waals surface area contributed by atoms with Gasteiger partial charge in [0.2, 0.25) is 0 Å². The highest BCUT2D eigenvalue weighted by Gasteiger charge is 2.39. The van der Waals surface area contributed by atoms with E-state index in [0.29, 0.717) is 5.41 Å². The largest absolute Gasteiger partial charge is 0.319 e. The molecule has 0 heterocycles. The summed E-state index contributed by atoms with van der Waals surface area (Å²) in [5.41, 5.74) is 0.432. The fraction of sp³-hybridized carbons (Fsp3) is 1.00. The van der Waals surface area contributed by atoms with E-state index in [-0.39, 0.29) is 0 Å². The lowest BCUT2D eigenvalue weighted by atomic mass is 9.85. The third-order valence-corrected chi connectivity index (χ3v) is 5.54. The van der Waals surface area contributed by atoms with Crippen molar-refractivity contribution in [3.8, 4) is 0 Å². The zero-order valence-electron chi connectivity index (χ0n) is 12.8. The SMILES string of the molecule is CCC(C)(CNC)CN(C)CC1CC2CCC1C2. The van der Waals surface area contributed by atoms with E-state index in [1.165, 1.54) is 38.8 Å². The van der Waals surface area contributed by atoms with Crippen molar-refractivity contribution >= 4 is 0 Å². The van der Waals surface area contributed by atoms with Crippen molar-refractivity contribution in [1.82, 2.24) is 10.2 Å². The molecule has 2 bridgehead atoms. The van der Waals surface area contributed by atoms with Gasteiger partial charge in [-0.15, -0.1) is 0 Å². The van der Waals surface area contributed by atoms with Crippen LogP contribution >= 0.6 is 0 Å². The number of nitrogens with zero attached hydrogens (tertiary/aromatic N) is 1. The van der Waals surface area contributed by atoms with Crippen LogP contribution < -0.4 is 5.32 Å². The van der Waals surface area contributed by atoms with Gasteiger partial charge in [-0.1, -0.05) is 20.3 Å². The lowest BCUT2D eigenvalue weighted by Crippen LogP contribution is -2.41. The molecule has 2 aliphatic carbocycles. The minimum Gasteiger partial charge on any atom is -0.319 e. The first-order valence-electron chi connectivity index (χ1n) is 7.89. The molecule has 106 valence electrons. The Kier molecular flexibility index (Phi) is 4.71. The van der Waals surface area contributed by atoms with Crippen molar-refractivity contribution in [3.63, 3.8) is 0 Å². The number of rotatable bonds is 7. The number of fused-ring (bicyclic) bond motifs is 2. The lowest BCUT2D eigenvalue weighted by Gasteiger charge is -2.35. The van der Waals surface area contributed by atoms with Gasteiger partial charge in [0.05, 0.1) is 0 Å². The second-order valence-electron chi connectivity index (χ2n) is 7.33. The Morgan fingerprint density at radius 2 is 2.06 bits per heavy atom. The molecular formula is C16H32N2. The maximum atomic E-state index is 3.36. The average Bonchev–Trinajstić information content (AvgIpc) is 2.91. The molecule has 0 radical (unpaired) electrons. The zero-order chi connectivity index (χ0) is 13.2. The summed E-state index contributed by atoms with van der Waals surface area (Å²) >= 11 is 0. The summed E-state index contributed by atoms with van der Waals surface area (Å²) in [6.07, 6.45) is 7.36. The predicted molar refractivity (Wildman–Crippen MR) is 78.8 cm³/mol. The van der Waals surface area contributed by atoms with Crippen molar-refractivity contribution in [2.75, 3.05) is 33.7 Å². The summed E-state index contributed by atoms with van der Waals surface area (Å²) in [7, 11) is 4.40. The summed E-state index contributed by atoms with van der Waals surface area (Å²) in [5.74, 6) is 3.15. The van der Waals surface area contributed by atoms with E-state index in [9.17, 15) is 0 Å². The molecule has 2 heteroatoms. The molecule has 2 nitrogen and oxygen atoms in total. The maximum absolute atomic E-state index is 3.36. The van der Waals surface area contributed by atoms with Gasteiger partial charge in [-0.2, -0.15) is 0 Å². The van der Waals surface area contributed by atoms with E-state index >= 15 is 0 Å². The van der Waals surface area contributed by atoms with Gasteiger partial charge < -0.3 is 10.2 Å². The molecule has 0 aromatic heterocycles. The quantitative estimate of drug-likeness (QED) is 0.749. The highest BCUT2D eigenvalue weighted by atomic mass is 15.1. The smallest absolute Gasteiger partial charge is 0.00444 e. The van der Waals surface area contributed by atoms with Crippen molar-refractivity contribution in [2.45, 2.75) is 46.0 Å². The van der Waals surface area contributed by atoms with Crippen LogP contribution in [0.5, 0.6) is 0 Å². The van der Waals surface area contributed by atoms with Crippen LogP contribution in [0, 0.1) is 23.2 Å². The molecule has 2 rings (SSSR count). The van der Waals surface area contributed by atoms with Crippen LogP contribution in [0.15, 0.2) is 0 Å². The second kappa shape index (κ2) is 5.92. The Morgan fingerprint density at radius 3 is 2.56 bits per heavy atom. The van der Waals surface area contributed by atoms with Crippen LogP contribution in [0.4, 0.5) is 0 Å². The first kappa shape index (κ1) is 14.3. The van der Waals surface area contributed by atoms with E-state index in [4.69, 9.17) is 0 Å². The molecule has 2 saturated carbocycles. The average molecular weight is 252 g/mol. The molecule has 2 fully saturated rings. The monoisotopic (exact) mass is 252 g/mol. The summed E-state index contributed by atoms with van der Waals surface area (Å²) in [5, 5.41) is 3.36. The topological polar surface area (TPSA) is 15.3 Å². The third-order valence-electron chi connectivity index (χ3n) is 5.54. The van der Waals surface area contributed by atoms with Crippen molar-refractivity contribution < 1.29 is 0 Å². The predicted octanol–water partition coefficient (Wildman–Crippen LogP) is 2.99. The highest BCUT2D eigenvalue weighted by molar-refractivity contribution is 4.91. The molecular weight excluding hydrogens is 220 g/mol. The Balaban J connectivity index is 1.79. The molecule has 4 unspecified atom stereocenters.